The Morgan fingerprint density at radius 2 is 2.31 bits per heavy atom. The first-order valence-corrected chi connectivity index (χ1v) is 7.12. The number of benzene rings is 1. The van der Waals surface area contributed by atoms with Crippen molar-refractivity contribution in [2.24, 2.45) is 0 Å². The number of alkyl halides is 1. The average Bonchev–Trinajstić information content (AvgIpc) is 2.72. The molecule has 1 aromatic heterocycles. The lowest BCUT2D eigenvalue weighted by molar-refractivity contribution is 0.561. The Morgan fingerprint density at radius 1 is 1.50 bits per heavy atom. The van der Waals surface area contributed by atoms with Gasteiger partial charge in [-0.05, 0) is 12.1 Å². The van der Waals surface area contributed by atoms with Gasteiger partial charge in [0, 0.05) is 11.1 Å². The second-order valence-corrected chi connectivity index (χ2v) is 5.34. The van der Waals surface area contributed by atoms with Crippen LogP contribution >= 0.6 is 27.7 Å². The van der Waals surface area contributed by atoms with Gasteiger partial charge < -0.3 is 0 Å². The molecule has 3 nitrogen and oxygen atoms in total. The van der Waals surface area contributed by atoms with Crippen LogP contribution in [0.25, 0.3) is 10.9 Å². The molecule has 0 saturated heterocycles. The summed E-state index contributed by atoms with van der Waals surface area (Å²) in [5.41, 5.74) is 0.872. The number of thioether (sulfide) groups is 1. The standard InChI is InChI=1S/C11H9BrN2OS/c12-5-7-6-16-11-13-9-4-2-1-3-8(9)10(15)14(7)11/h1-4,7H,5-6H2/t7-/m0/s1. The van der Waals surface area contributed by atoms with Crippen molar-refractivity contribution in [1.82, 2.24) is 9.55 Å². The van der Waals surface area contributed by atoms with Gasteiger partial charge in [-0.15, -0.1) is 0 Å². The van der Waals surface area contributed by atoms with Gasteiger partial charge >= 0.3 is 0 Å². The maximum Gasteiger partial charge on any atom is 0.262 e. The highest BCUT2D eigenvalue weighted by atomic mass is 79.9. The lowest BCUT2D eigenvalue weighted by Crippen LogP contribution is -2.25. The lowest BCUT2D eigenvalue weighted by atomic mass is 10.2. The second kappa shape index (κ2) is 3.89. The molecule has 2 heterocycles. The van der Waals surface area contributed by atoms with Crippen molar-refractivity contribution in [3.8, 4) is 0 Å². The minimum absolute atomic E-state index is 0.0788. The Labute approximate surface area is 105 Å². The van der Waals surface area contributed by atoms with Crippen LogP contribution in [0.3, 0.4) is 0 Å². The summed E-state index contributed by atoms with van der Waals surface area (Å²) in [4.78, 5) is 16.8. The van der Waals surface area contributed by atoms with Crippen molar-refractivity contribution in [2.45, 2.75) is 11.2 Å². The fourth-order valence-electron chi connectivity index (χ4n) is 1.91. The maximum absolute atomic E-state index is 12.3. The van der Waals surface area contributed by atoms with Crippen LogP contribution in [0.1, 0.15) is 6.04 Å². The number of fused-ring (bicyclic) bond motifs is 2. The van der Waals surface area contributed by atoms with E-state index >= 15 is 0 Å². The van der Waals surface area contributed by atoms with E-state index in [0.29, 0.717) is 5.39 Å². The molecule has 0 amide bonds. The Morgan fingerprint density at radius 3 is 3.12 bits per heavy atom. The van der Waals surface area contributed by atoms with E-state index in [-0.39, 0.29) is 11.6 Å². The number of para-hydroxylation sites is 1. The summed E-state index contributed by atoms with van der Waals surface area (Å²) in [7, 11) is 0. The summed E-state index contributed by atoms with van der Waals surface area (Å²) < 4.78 is 1.81. The van der Waals surface area contributed by atoms with Crippen molar-refractivity contribution >= 4 is 38.6 Å². The zero-order valence-corrected chi connectivity index (χ0v) is 10.8. The van der Waals surface area contributed by atoms with Crippen molar-refractivity contribution in [3.05, 3.63) is 34.6 Å². The second-order valence-electron chi connectivity index (χ2n) is 3.71. The molecule has 3 rings (SSSR count). The number of nitrogens with zero attached hydrogens (tertiary/aromatic N) is 2. The van der Waals surface area contributed by atoms with Gasteiger partial charge in [-0.25, -0.2) is 4.98 Å². The molecule has 0 bridgehead atoms. The summed E-state index contributed by atoms with van der Waals surface area (Å²) in [5.74, 6) is 0.920. The first-order chi connectivity index (χ1) is 7.81. The van der Waals surface area contributed by atoms with Crippen molar-refractivity contribution in [2.75, 3.05) is 11.1 Å². The maximum atomic E-state index is 12.3. The Hall–Kier alpha value is -0.810. The quantitative estimate of drug-likeness (QED) is 0.599. The summed E-state index contributed by atoms with van der Waals surface area (Å²) in [6.07, 6.45) is 0. The molecular formula is C11H9BrN2OS. The third kappa shape index (κ3) is 1.42. The molecule has 1 aromatic carbocycles. The van der Waals surface area contributed by atoms with Crippen LogP contribution in [0.4, 0.5) is 0 Å². The van der Waals surface area contributed by atoms with E-state index in [2.05, 4.69) is 20.9 Å². The molecule has 0 aliphatic carbocycles. The Kier molecular flexibility index (Phi) is 2.52. The molecule has 82 valence electrons. The van der Waals surface area contributed by atoms with Crippen LogP contribution in [-0.2, 0) is 0 Å². The van der Waals surface area contributed by atoms with Gasteiger partial charge in [0.25, 0.3) is 5.56 Å². The average molecular weight is 297 g/mol. The Bertz CT molecular complexity index is 610. The molecule has 16 heavy (non-hydrogen) atoms. The highest BCUT2D eigenvalue weighted by molar-refractivity contribution is 9.09. The molecule has 2 aromatic rings. The Balaban J connectivity index is 2.37. The zero-order chi connectivity index (χ0) is 11.1. The molecule has 1 aliphatic heterocycles. The van der Waals surface area contributed by atoms with E-state index in [0.717, 1.165) is 21.8 Å². The van der Waals surface area contributed by atoms with Gasteiger partial charge in [0.2, 0.25) is 0 Å². The van der Waals surface area contributed by atoms with E-state index in [1.165, 1.54) is 0 Å². The molecule has 0 spiro atoms. The van der Waals surface area contributed by atoms with Crippen LogP contribution in [0.2, 0.25) is 0 Å². The van der Waals surface area contributed by atoms with Gasteiger partial charge in [0.05, 0.1) is 16.9 Å². The smallest absolute Gasteiger partial charge is 0.262 e. The van der Waals surface area contributed by atoms with Gasteiger partial charge in [0.1, 0.15) is 0 Å². The van der Waals surface area contributed by atoms with Crippen LogP contribution in [0, 0.1) is 0 Å². The molecule has 0 N–H and O–H groups in total. The monoisotopic (exact) mass is 296 g/mol. The molecule has 0 fully saturated rings. The summed E-state index contributed by atoms with van der Waals surface area (Å²) in [6.45, 7) is 0. The SMILES string of the molecule is O=c1c2ccccc2nc2n1[C@@H](CBr)CS2. The normalized spacial score (nSPS) is 18.9. The molecule has 0 radical (unpaired) electrons. The van der Waals surface area contributed by atoms with Crippen molar-refractivity contribution in [1.29, 1.82) is 0 Å². The van der Waals surface area contributed by atoms with E-state index in [4.69, 9.17) is 0 Å². The summed E-state index contributed by atoms with van der Waals surface area (Å²) in [5, 5.41) is 2.35. The summed E-state index contributed by atoms with van der Waals surface area (Å²) in [6, 6.07) is 7.74. The number of aromatic nitrogens is 2. The highest BCUT2D eigenvalue weighted by Crippen LogP contribution is 2.31. The molecule has 5 heteroatoms. The highest BCUT2D eigenvalue weighted by Gasteiger charge is 2.25. The molecule has 1 atom stereocenters. The predicted octanol–water partition coefficient (Wildman–Crippen LogP) is 2.44. The minimum atomic E-state index is 0.0788. The number of hydrogen-bond acceptors (Lipinski definition) is 3. The van der Waals surface area contributed by atoms with Crippen LogP contribution in [0.5, 0.6) is 0 Å². The number of halogens is 1. The van der Waals surface area contributed by atoms with E-state index in [9.17, 15) is 4.79 Å². The van der Waals surface area contributed by atoms with Crippen molar-refractivity contribution < 1.29 is 0 Å². The fraction of sp³-hybridized carbons (Fsp3) is 0.273. The molecular weight excluding hydrogens is 288 g/mol. The van der Waals surface area contributed by atoms with E-state index < -0.39 is 0 Å². The van der Waals surface area contributed by atoms with Crippen LogP contribution < -0.4 is 5.56 Å². The number of hydrogen-bond donors (Lipinski definition) is 0. The van der Waals surface area contributed by atoms with Gasteiger partial charge in [-0.3, -0.25) is 9.36 Å². The first-order valence-electron chi connectivity index (χ1n) is 5.01. The molecule has 0 saturated carbocycles. The lowest BCUT2D eigenvalue weighted by Gasteiger charge is -2.10. The predicted molar refractivity (Wildman–Crippen MR) is 69.6 cm³/mol. The van der Waals surface area contributed by atoms with Gasteiger partial charge in [0.15, 0.2) is 5.16 Å². The zero-order valence-electron chi connectivity index (χ0n) is 8.39. The topological polar surface area (TPSA) is 34.9 Å². The number of rotatable bonds is 1. The minimum Gasteiger partial charge on any atom is -0.282 e. The third-order valence-electron chi connectivity index (χ3n) is 2.72. The van der Waals surface area contributed by atoms with E-state index in [1.54, 1.807) is 11.8 Å². The largest absolute Gasteiger partial charge is 0.282 e. The van der Waals surface area contributed by atoms with E-state index in [1.807, 2.05) is 28.8 Å². The third-order valence-corrected chi connectivity index (χ3v) is 4.57. The molecule has 0 unspecified atom stereocenters. The molecule has 1 aliphatic rings. The van der Waals surface area contributed by atoms with Crippen LogP contribution in [0.15, 0.2) is 34.2 Å². The first kappa shape index (κ1) is 10.4. The van der Waals surface area contributed by atoms with Gasteiger partial charge in [-0.2, -0.15) is 0 Å². The summed E-state index contributed by atoms with van der Waals surface area (Å²) >= 11 is 5.09. The van der Waals surface area contributed by atoms with Crippen LogP contribution in [-0.4, -0.2) is 20.6 Å². The fourth-order valence-corrected chi connectivity index (χ4v) is 3.87. The van der Waals surface area contributed by atoms with Gasteiger partial charge in [-0.1, -0.05) is 39.8 Å². The van der Waals surface area contributed by atoms with Crippen molar-refractivity contribution in [3.63, 3.8) is 0 Å².